The van der Waals surface area contributed by atoms with Gasteiger partial charge in [0.1, 0.15) is 6.10 Å². The van der Waals surface area contributed by atoms with Crippen molar-refractivity contribution in [3.05, 3.63) is 28.8 Å². The van der Waals surface area contributed by atoms with Crippen LogP contribution in [0.5, 0.6) is 0 Å². The average molecular weight is 353 g/mol. The van der Waals surface area contributed by atoms with E-state index >= 15 is 0 Å². The zero-order valence-corrected chi connectivity index (χ0v) is 14.4. The number of amides is 1. The van der Waals surface area contributed by atoms with Crippen LogP contribution in [0.1, 0.15) is 23.2 Å². The number of methoxy groups -OCH3 is 1. The van der Waals surface area contributed by atoms with Crippen molar-refractivity contribution in [2.75, 3.05) is 44.8 Å². The van der Waals surface area contributed by atoms with Crippen molar-refractivity contribution in [1.29, 1.82) is 0 Å². The van der Waals surface area contributed by atoms with Gasteiger partial charge in [-0.3, -0.25) is 4.79 Å². The molecule has 0 spiro atoms. The highest BCUT2D eigenvalue weighted by molar-refractivity contribution is 6.33. The topological polar surface area (TPSA) is 59.1 Å². The van der Waals surface area contributed by atoms with Gasteiger partial charge in [-0.05, 0) is 31.0 Å². The molecule has 0 saturated carbocycles. The number of nitrogens with zero attached hydrogens (tertiary/aromatic N) is 2. The molecule has 0 radical (unpaired) electrons. The largest absolute Gasteiger partial charge is 0.465 e. The molecule has 2 aliphatic heterocycles. The van der Waals surface area contributed by atoms with Gasteiger partial charge in [-0.1, -0.05) is 11.6 Å². The average Bonchev–Trinajstić information content (AvgIpc) is 3.15. The smallest absolute Gasteiger partial charge is 0.337 e. The van der Waals surface area contributed by atoms with Crippen LogP contribution in [0.3, 0.4) is 0 Å². The molecule has 0 aliphatic carbocycles. The first-order chi connectivity index (χ1) is 11.6. The third-order valence-electron chi connectivity index (χ3n) is 4.50. The van der Waals surface area contributed by atoms with E-state index in [0.29, 0.717) is 43.4 Å². The monoisotopic (exact) mass is 352 g/mol. The highest BCUT2D eigenvalue weighted by Crippen LogP contribution is 2.28. The Labute approximate surface area is 146 Å². The van der Waals surface area contributed by atoms with Crippen molar-refractivity contribution in [3.63, 3.8) is 0 Å². The Hall–Kier alpha value is -1.79. The fourth-order valence-corrected chi connectivity index (χ4v) is 3.38. The van der Waals surface area contributed by atoms with Gasteiger partial charge in [0.2, 0.25) is 0 Å². The summed E-state index contributed by atoms with van der Waals surface area (Å²) in [6, 6.07) is 5.09. The van der Waals surface area contributed by atoms with Crippen molar-refractivity contribution in [2.45, 2.75) is 18.9 Å². The predicted molar refractivity (Wildman–Crippen MR) is 90.6 cm³/mol. The third-order valence-corrected chi connectivity index (χ3v) is 4.82. The number of esters is 1. The second-order valence-corrected chi connectivity index (χ2v) is 6.38. The zero-order valence-electron chi connectivity index (χ0n) is 13.7. The number of rotatable bonds is 3. The lowest BCUT2D eigenvalue weighted by molar-refractivity contribution is -0.141. The Morgan fingerprint density at radius 2 is 2.00 bits per heavy atom. The minimum Gasteiger partial charge on any atom is -0.465 e. The first kappa shape index (κ1) is 17.0. The molecule has 7 heteroatoms. The summed E-state index contributed by atoms with van der Waals surface area (Å²) in [6.07, 6.45) is 1.49. The first-order valence-corrected chi connectivity index (χ1v) is 8.51. The number of anilines is 1. The Balaban J connectivity index is 1.66. The van der Waals surface area contributed by atoms with E-state index in [-0.39, 0.29) is 18.0 Å². The molecule has 3 rings (SSSR count). The summed E-state index contributed by atoms with van der Waals surface area (Å²) < 4.78 is 10.2. The lowest BCUT2D eigenvalue weighted by Gasteiger charge is -2.37. The second kappa shape index (κ2) is 7.40. The number of benzene rings is 1. The molecule has 24 heavy (non-hydrogen) atoms. The summed E-state index contributed by atoms with van der Waals surface area (Å²) in [5.74, 6) is -0.304. The van der Waals surface area contributed by atoms with Gasteiger partial charge in [-0.25, -0.2) is 4.79 Å². The molecular formula is C17H21ClN2O4. The molecule has 2 fully saturated rings. The maximum absolute atomic E-state index is 12.4. The maximum Gasteiger partial charge on any atom is 0.337 e. The van der Waals surface area contributed by atoms with Crippen molar-refractivity contribution < 1.29 is 19.1 Å². The van der Waals surface area contributed by atoms with Crippen LogP contribution >= 0.6 is 11.6 Å². The minimum absolute atomic E-state index is 0.0848. The zero-order chi connectivity index (χ0) is 17.1. The Morgan fingerprint density at radius 1 is 1.25 bits per heavy atom. The summed E-state index contributed by atoms with van der Waals surface area (Å²) in [5, 5.41) is 0.585. The Kier molecular flexibility index (Phi) is 5.26. The van der Waals surface area contributed by atoms with E-state index in [1.54, 1.807) is 18.2 Å². The number of halogens is 1. The normalized spacial score (nSPS) is 21.0. The van der Waals surface area contributed by atoms with Gasteiger partial charge in [0.15, 0.2) is 0 Å². The summed E-state index contributed by atoms with van der Waals surface area (Å²) in [5.41, 5.74) is 1.26. The van der Waals surface area contributed by atoms with Gasteiger partial charge in [0.25, 0.3) is 5.91 Å². The molecule has 2 saturated heterocycles. The van der Waals surface area contributed by atoms with Gasteiger partial charge < -0.3 is 19.3 Å². The molecule has 1 atom stereocenters. The number of carbonyl (C=O) groups is 2. The second-order valence-electron chi connectivity index (χ2n) is 5.97. The van der Waals surface area contributed by atoms with Crippen LogP contribution < -0.4 is 4.90 Å². The van der Waals surface area contributed by atoms with Gasteiger partial charge in [-0.15, -0.1) is 0 Å². The summed E-state index contributed by atoms with van der Waals surface area (Å²) in [4.78, 5) is 28.0. The maximum atomic E-state index is 12.4. The minimum atomic E-state index is -0.389. The van der Waals surface area contributed by atoms with E-state index in [0.717, 1.165) is 18.5 Å². The quantitative estimate of drug-likeness (QED) is 0.778. The number of ether oxygens (including phenoxy) is 2. The standard InChI is InChI=1S/C17H21ClN2O4/c1-23-17(22)12-4-5-13(18)14(11-12)19-6-8-20(9-7-19)16(21)15-3-2-10-24-15/h4-5,11,15H,2-3,6-10H2,1H3. The van der Waals surface area contributed by atoms with Crippen molar-refractivity contribution in [3.8, 4) is 0 Å². The van der Waals surface area contributed by atoms with Gasteiger partial charge in [0, 0.05) is 32.8 Å². The molecule has 2 heterocycles. The molecule has 0 bridgehead atoms. The molecule has 1 amide bonds. The summed E-state index contributed by atoms with van der Waals surface area (Å²) in [6.45, 7) is 3.26. The van der Waals surface area contributed by atoms with Gasteiger partial charge in [0.05, 0.1) is 23.4 Å². The molecule has 0 aromatic heterocycles. The molecule has 1 aromatic carbocycles. The molecule has 130 valence electrons. The van der Waals surface area contributed by atoms with E-state index in [9.17, 15) is 9.59 Å². The van der Waals surface area contributed by atoms with Crippen LogP contribution in [-0.4, -0.2) is 62.8 Å². The van der Waals surface area contributed by atoms with E-state index in [1.807, 2.05) is 4.90 Å². The van der Waals surface area contributed by atoms with Gasteiger partial charge >= 0.3 is 5.97 Å². The lowest BCUT2D eigenvalue weighted by Crippen LogP contribution is -2.51. The lowest BCUT2D eigenvalue weighted by atomic mass is 10.1. The third kappa shape index (κ3) is 3.49. The SMILES string of the molecule is COC(=O)c1ccc(Cl)c(N2CCN(C(=O)C3CCCO3)CC2)c1. The number of piperazine rings is 1. The van der Waals surface area contributed by atoms with E-state index in [1.165, 1.54) is 7.11 Å². The van der Waals surface area contributed by atoms with Crippen LogP contribution in [0.4, 0.5) is 5.69 Å². The fraction of sp³-hybridized carbons (Fsp3) is 0.529. The molecule has 1 aromatic rings. The fourth-order valence-electron chi connectivity index (χ4n) is 3.14. The van der Waals surface area contributed by atoms with E-state index < -0.39 is 0 Å². The van der Waals surface area contributed by atoms with Crippen LogP contribution in [0.2, 0.25) is 5.02 Å². The number of hydrogen-bond acceptors (Lipinski definition) is 5. The van der Waals surface area contributed by atoms with Crippen molar-refractivity contribution in [1.82, 2.24) is 4.90 Å². The summed E-state index contributed by atoms with van der Waals surface area (Å²) in [7, 11) is 1.35. The molecule has 6 nitrogen and oxygen atoms in total. The number of carbonyl (C=O) groups excluding carboxylic acids is 2. The predicted octanol–water partition coefficient (Wildman–Crippen LogP) is 1.95. The van der Waals surface area contributed by atoms with Crippen LogP contribution in [0.15, 0.2) is 18.2 Å². The van der Waals surface area contributed by atoms with Gasteiger partial charge in [-0.2, -0.15) is 0 Å². The molecular weight excluding hydrogens is 332 g/mol. The van der Waals surface area contributed by atoms with Crippen molar-refractivity contribution in [2.24, 2.45) is 0 Å². The van der Waals surface area contributed by atoms with Crippen molar-refractivity contribution >= 4 is 29.2 Å². The first-order valence-electron chi connectivity index (χ1n) is 8.13. The Morgan fingerprint density at radius 3 is 2.62 bits per heavy atom. The summed E-state index contributed by atoms with van der Waals surface area (Å²) >= 11 is 6.29. The molecule has 1 unspecified atom stereocenters. The molecule has 0 N–H and O–H groups in total. The highest BCUT2D eigenvalue weighted by atomic mass is 35.5. The Bertz CT molecular complexity index is 623. The number of hydrogen-bond donors (Lipinski definition) is 0. The van der Waals surface area contributed by atoms with Crippen LogP contribution in [0, 0.1) is 0 Å². The van der Waals surface area contributed by atoms with Crippen LogP contribution in [-0.2, 0) is 14.3 Å². The van der Waals surface area contributed by atoms with E-state index in [4.69, 9.17) is 21.1 Å². The van der Waals surface area contributed by atoms with E-state index in [2.05, 4.69) is 4.90 Å². The highest BCUT2D eigenvalue weighted by Gasteiger charge is 2.30. The molecule has 2 aliphatic rings. The van der Waals surface area contributed by atoms with Crippen LogP contribution in [0.25, 0.3) is 0 Å².